The van der Waals surface area contributed by atoms with Crippen LogP contribution in [0.1, 0.15) is 25.0 Å². The molecule has 0 aliphatic rings. The van der Waals surface area contributed by atoms with Crippen molar-refractivity contribution in [1.82, 2.24) is 4.72 Å². The molecule has 0 radical (unpaired) electrons. The van der Waals surface area contributed by atoms with Crippen LogP contribution < -0.4 is 4.72 Å². The first-order valence-electron chi connectivity index (χ1n) is 5.75. The Balaban J connectivity index is 3.08. The van der Waals surface area contributed by atoms with Gasteiger partial charge in [0.2, 0.25) is 10.0 Å². The maximum atomic E-state index is 12.2. The van der Waals surface area contributed by atoms with Gasteiger partial charge in [0, 0.05) is 7.11 Å². The van der Waals surface area contributed by atoms with Gasteiger partial charge in [-0.3, -0.25) is 0 Å². The number of nitrogens with zero attached hydrogens (tertiary/aromatic N) is 1. The lowest BCUT2D eigenvalue weighted by atomic mass is 10.1. The van der Waals surface area contributed by atoms with Crippen molar-refractivity contribution < 1.29 is 13.2 Å². The van der Waals surface area contributed by atoms with Gasteiger partial charge in [-0.1, -0.05) is 0 Å². The molecule has 0 atom stereocenters. The molecule has 1 aromatic rings. The Bertz CT molecular complexity index is 601. The molecule has 104 valence electrons. The van der Waals surface area contributed by atoms with E-state index < -0.39 is 15.6 Å². The Hall–Kier alpha value is -1.42. The summed E-state index contributed by atoms with van der Waals surface area (Å²) in [6.07, 6.45) is 0. The minimum absolute atomic E-state index is 0.146. The molecule has 6 heteroatoms. The Morgan fingerprint density at radius 2 is 2.05 bits per heavy atom. The van der Waals surface area contributed by atoms with Gasteiger partial charge in [-0.25, -0.2) is 13.1 Å². The lowest BCUT2D eigenvalue weighted by Crippen LogP contribution is -2.46. The molecular weight excluding hydrogens is 264 g/mol. The van der Waals surface area contributed by atoms with Crippen LogP contribution in [-0.2, 0) is 14.8 Å². The van der Waals surface area contributed by atoms with Crippen molar-refractivity contribution in [3.05, 3.63) is 29.3 Å². The third-order valence-electron chi connectivity index (χ3n) is 2.54. The quantitative estimate of drug-likeness (QED) is 0.889. The fourth-order valence-corrected chi connectivity index (χ4v) is 3.23. The van der Waals surface area contributed by atoms with Crippen LogP contribution in [0.4, 0.5) is 0 Å². The average Bonchev–Trinajstić information content (AvgIpc) is 2.27. The SMILES string of the molecule is COCC(C)(C)NS(=O)(=O)c1ccc(C#N)c(C)c1. The van der Waals surface area contributed by atoms with Crippen LogP contribution in [0, 0.1) is 18.3 Å². The van der Waals surface area contributed by atoms with Crippen LogP contribution in [-0.4, -0.2) is 27.7 Å². The first kappa shape index (κ1) is 15.6. The van der Waals surface area contributed by atoms with Crippen molar-refractivity contribution in [3.8, 4) is 6.07 Å². The Labute approximate surface area is 114 Å². The number of nitriles is 1. The first-order chi connectivity index (χ1) is 8.72. The van der Waals surface area contributed by atoms with E-state index in [0.717, 1.165) is 0 Å². The normalized spacial score (nSPS) is 12.2. The molecule has 5 nitrogen and oxygen atoms in total. The number of rotatable bonds is 5. The van der Waals surface area contributed by atoms with Crippen LogP contribution in [0.3, 0.4) is 0 Å². The van der Waals surface area contributed by atoms with Gasteiger partial charge < -0.3 is 4.74 Å². The van der Waals surface area contributed by atoms with E-state index in [9.17, 15) is 8.42 Å². The third kappa shape index (κ3) is 4.03. The zero-order valence-corrected chi connectivity index (χ0v) is 12.3. The summed E-state index contributed by atoms with van der Waals surface area (Å²) in [4.78, 5) is 0.146. The molecule has 0 spiro atoms. The molecule has 1 N–H and O–H groups in total. The lowest BCUT2D eigenvalue weighted by molar-refractivity contribution is 0.141. The molecule has 0 fully saturated rings. The average molecular weight is 282 g/mol. The molecule has 0 bridgehead atoms. The first-order valence-corrected chi connectivity index (χ1v) is 7.24. The number of hydrogen-bond donors (Lipinski definition) is 1. The summed E-state index contributed by atoms with van der Waals surface area (Å²) in [5.41, 5.74) is 0.403. The highest BCUT2D eigenvalue weighted by Gasteiger charge is 2.26. The van der Waals surface area contributed by atoms with E-state index in [1.54, 1.807) is 20.8 Å². The van der Waals surface area contributed by atoms with E-state index in [1.165, 1.54) is 25.3 Å². The predicted octanol–water partition coefficient (Wildman–Crippen LogP) is 1.57. The van der Waals surface area contributed by atoms with Crippen molar-refractivity contribution >= 4 is 10.0 Å². The lowest BCUT2D eigenvalue weighted by Gasteiger charge is -2.25. The molecule has 19 heavy (non-hydrogen) atoms. The minimum Gasteiger partial charge on any atom is -0.383 e. The standard InChI is InChI=1S/C13H18N2O3S/c1-10-7-12(6-5-11(10)8-14)19(16,17)15-13(2,3)9-18-4/h5-7,15H,9H2,1-4H3. The van der Waals surface area contributed by atoms with E-state index in [-0.39, 0.29) is 11.5 Å². The summed E-state index contributed by atoms with van der Waals surface area (Å²) in [6, 6.07) is 6.43. The van der Waals surface area contributed by atoms with Crippen molar-refractivity contribution in [2.45, 2.75) is 31.2 Å². The fourth-order valence-electron chi connectivity index (χ4n) is 1.74. The zero-order valence-electron chi connectivity index (χ0n) is 11.5. The van der Waals surface area contributed by atoms with E-state index >= 15 is 0 Å². The molecule has 0 aliphatic carbocycles. The Morgan fingerprint density at radius 3 is 2.53 bits per heavy atom. The molecule has 0 saturated carbocycles. The van der Waals surface area contributed by atoms with Crippen LogP contribution in [0.25, 0.3) is 0 Å². The highest BCUT2D eigenvalue weighted by molar-refractivity contribution is 7.89. The van der Waals surface area contributed by atoms with Crippen molar-refractivity contribution in [1.29, 1.82) is 5.26 Å². The van der Waals surface area contributed by atoms with Gasteiger partial charge in [0.1, 0.15) is 0 Å². The van der Waals surface area contributed by atoms with E-state index in [2.05, 4.69) is 4.72 Å². The summed E-state index contributed by atoms with van der Waals surface area (Å²) < 4.78 is 32.0. The van der Waals surface area contributed by atoms with Gasteiger partial charge in [0.15, 0.2) is 0 Å². The van der Waals surface area contributed by atoms with Crippen LogP contribution >= 0.6 is 0 Å². The summed E-state index contributed by atoms with van der Waals surface area (Å²) in [5, 5.41) is 8.84. The van der Waals surface area contributed by atoms with E-state index in [1.807, 2.05) is 6.07 Å². The number of ether oxygens (including phenoxy) is 1. The maximum absolute atomic E-state index is 12.2. The van der Waals surface area contributed by atoms with E-state index in [4.69, 9.17) is 10.00 Å². The molecule has 0 heterocycles. The molecule has 1 rings (SSSR count). The van der Waals surface area contributed by atoms with Crippen molar-refractivity contribution in [2.75, 3.05) is 13.7 Å². The smallest absolute Gasteiger partial charge is 0.241 e. The molecule has 0 saturated heterocycles. The summed E-state index contributed by atoms with van der Waals surface area (Å²) in [7, 11) is -2.11. The number of methoxy groups -OCH3 is 1. The van der Waals surface area contributed by atoms with E-state index in [0.29, 0.717) is 11.1 Å². The van der Waals surface area contributed by atoms with Crippen molar-refractivity contribution in [2.24, 2.45) is 0 Å². The van der Waals surface area contributed by atoms with Gasteiger partial charge in [-0.05, 0) is 44.5 Å². The third-order valence-corrected chi connectivity index (χ3v) is 4.24. The highest BCUT2D eigenvalue weighted by atomic mass is 32.2. The summed E-state index contributed by atoms with van der Waals surface area (Å²) in [5.74, 6) is 0. The number of nitrogens with one attached hydrogen (secondary N) is 1. The number of sulfonamides is 1. The zero-order chi connectivity index (χ0) is 14.7. The molecular formula is C13H18N2O3S. The molecule has 1 aromatic carbocycles. The van der Waals surface area contributed by atoms with Crippen LogP contribution in [0.5, 0.6) is 0 Å². The largest absolute Gasteiger partial charge is 0.383 e. The Kier molecular flexibility index (Phi) is 4.69. The minimum atomic E-state index is -3.63. The van der Waals surface area contributed by atoms with Crippen LogP contribution in [0.15, 0.2) is 23.1 Å². The maximum Gasteiger partial charge on any atom is 0.241 e. The van der Waals surface area contributed by atoms with Gasteiger partial charge in [0.25, 0.3) is 0 Å². The second-order valence-corrected chi connectivity index (χ2v) is 6.69. The molecule has 0 aliphatic heterocycles. The van der Waals surface area contributed by atoms with Crippen molar-refractivity contribution in [3.63, 3.8) is 0 Å². The summed E-state index contributed by atoms with van der Waals surface area (Å²) in [6.45, 7) is 5.45. The predicted molar refractivity (Wildman–Crippen MR) is 72.2 cm³/mol. The molecule has 0 amide bonds. The van der Waals surface area contributed by atoms with Gasteiger partial charge in [-0.2, -0.15) is 5.26 Å². The number of benzene rings is 1. The summed E-state index contributed by atoms with van der Waals surface area (Å²) >= 11 is 0. The molecule has 0 unspecified atom stereocenters. The molecule has 0 aromatic heterocycles. The Morgan fingerprint density at radius 1 is 1.42 bits per heavy atom. The van der Waals surface area contributed by atoms with Crippen LogP contribution in [0.2, 0.25) is 0 Å². The highest BCUT2D eigenvalue weighted by Crippen LogP contribution is 2.17. The van der Waals surface area contributed by atoms with Gasteiger partial charge >= 0.3 is 0 Å². The second-order valence-electron chi connectivity index (χ2n) is 5.01. The number of aryl methyl sites for hydroxylation is 1. The fraction of sp³-hybridized carbons (Fsp3) is 0.462. The second kappa shape index (κ2) is 5.70. The van der Waals surface area contributed by atoms with Gasteiger partial charge in [-0.15, -0.1) is 0 Å². The van der Waals surface area contributed by atoms with Gasteiger partial charge in [0.05, 0.1) is 28.7 Å². The topological polar surface area (TPSA) is 79.2 Å². The monoisotopic (exact) mass is 282 g/mol. The number of hydrogen-bond acceptors (Lipinski definition) is 4.